The van der Waals surface area contributed by atoms with Crippen molar-refractivity contribution < 1.29 is 32.0 Å². The SMILES string of the molecule is O=C(OCc1nc(-c2ccc(OC(F)(F)F)cc2)no1)c1ccsc1. The lowest BCUT2D eigenvalue weighted by Crippen LogP contribution is -2.16. The molecule has 0 radical (unpaired) electrons. The third-order valence-electron chi connectivity index (χ3n) is 2.90. The number of benzene rings is 1. The number of ether oxygens (including phenoxy) is 2. The maximum absolute atomic E-state index is 12.1. The number of carbonyl (C=O) groups is 1. The molecule has 0 aliphatic carbocycles. The largest absolute Gasteiger partial charge is 0.573 e. The van der Waals surface area contributed by atoms with Crippen molar-refractivity contribution in [1.82, 2.24) is 10.1 Å². The predicted molar refractivity (Wildman–Crippen MR) is 79.9 cm³/mol. The van der Waals surface area contributed by atoms with Crippen LogP contribution in [-0.2, 0) is 11.3 Å². The van der Waals surface area contributed by atoms with Crippen LogP contribution in [-0.4, -0.2) is 22.5 Å². The fourth-order valence-electron chi connectivity index (χ4n) is 1.83. The average Bonchev–Trinajstić information content (AvgIpc) is 3.24. The summed E-state index contributed by atoms with van der Waals surface area (Å²) in [5, 5.41) is 7.08. The number of hydrogen-bond acceptors (Lipinski definition) is 7. The molecule has 10 heteroatoms. The van der Waals surface area contributed by atoms with E-state index in [-0.39, 0.29) is 24.1 Å². The second-order valence-electron chi connectivity index (χ2n) is 4.67. The van der Waals surface area contributed by atoms with Crippen LogP contribution in [0.1, 0.15) is 16.2 Å². The lowest BCUT2D eigenvalue weighted by Gasteiger charge is -2.08. The molecule has 0 bridgehead atoms. The van der Waals surface area contributed by atoms with E-state index in [0.29, 0.717) is 11.1 Å². The first-order valence-electron chi connectivity index (χ1n) is 6.79. The summed E-state index contributed by atoms with van der Waals surface area (Å²) in [5.41, 5.74) is 0.846. The third kappa shape index (κ3) is 4.57. The molecule has 130 valence electrons. The van der Waals surface area contributed by atoms with Gasteiger partial charge in [0, 0.05) is 10.9 Å². The molecule has 1 aromatic carbocycles. The molecule has 3 aromatic rings. The topological polar surface area (TPSA) is 74.5 Å². The summed E-state index contributed by atoms with van der Waals surface area (Å²) in [7, 11) is 0. The van der Waals surface area contributed by atoms with Crippen molar-refractivity contribution in [2.24, 2.45) is 0 Å². The summed E-state index contributed by atoms with van der Waals surface area (Å²) < 4.78 is 50.1. The van der Waals surface area contributed by atoms with Crippen LogP contribution >= 0.6 is 11.3 Å². The van der Waals surface area contributed by atoms with Gasteiger partial charge in [-0.3, -0.25) is 0 Å². The summed E-state index contributed by atoms with van der Waals surface area (Å²) >= 11 is 1.36. The van der Waals surface area contributed by atoms with Crippen molar-refractivity contribution in [3.05, 3.63) is 52.5 Å². The van der Waals surface area contributed by atoms with Crippen LogP contribution < -0.4 is 4.74 Å². The summed E-state index contributed by atoms with van der Waals surface area (Å²) in [6.45, 7) is -0.211. The van der Waals surface area contributed by atoms with E-state index >= 15 is 0 Å². The van der Waals surface area contributed by atoms with Gasteiger partial charge in [0.25, 0.3) is 5.89 Å². The molecule has 3 rings (SSSR count). The second kappa shape index (κ2) is 6.93. The Hall–Kier alpha value is -2.88. The van der Waals surface area contributed by atoms with Gasteiger partial charge in [0.15, 0.2) is 6.61 Å². The fourth-order valence-corrected chi connectivity index (χ4v) is 2.45. The Labute approximate surface area is 142 Å². The molecule has 0 atom stereocenters. The molecule has 0 spiro atoms. The quantitative estimate of drug-likeness (QED) is 0.631. The highest BCUT2D eigenvalue weighted by atomic mass is 32.1. The molecule has 6 nitrogen and oxygen atoms in total. The minimum Gasteiger partial charge on any atom is -0.452 e. The number of halogens is 3. The van der Waals surface area contributed by atoms with E-state index in [4.69, 9.17) is 9.26 Å². The smallest absolute Gasteiger partial charge is 0.452 e. The van der Waals surface area contributed by atoms with Gasteiger partial charge < -0.3 is 14.0 Å². The summed E-state index contributed by atoms with van der Waals surface area (Å²) in [5.74, 6) is -0.659. The molecule has 25 heavy (non-hydrogen) atoms. The van der Waals surface area contributed by atoms with Crippen molar-refractivity contribution in [2.75, 3.05) is 0 Å². The number of esters is 1. The molecule has 0 N–H and O–H groups in total. The maximum atomic E-state index is 12.1. The minimum atomic E-state index is -4.76. The lowest BCUT2D eigenvalue weighted by atomic mass is 10.2. The number of aromatic nitrogens is 2. The second-order valence-corrected chi connectivity index (χ2v) is 5.45. The van der Waals surface area contributed by atoms with Gasteiger partial charge in [-0.05, 0) is 35.7 Å². The van der Waals surface area contributed by atoms with E-state index < -0.39 is 12.3 Å². The van der Waals surface area contributed by atoms with Crippen LogP contribution in [0.15, 0.2) is 45.6 Å². The maximum Gasteiger partial charge on any atom is 0.573 e. The first-order chi connectivity index (χ1) is 11.9. The van der Waals surface area contributed by atoms with Crippen molar-refractivity contribution >= 4 is 17.3 Å². The Bertz CT molecular complexity index is 845. The number of rotatable bonds is 5. The first kappa shape index (κ1) is 17.0. The molecule has 0 aliphatic heterocycles. The summed E-state index contributed by atoms with van der Waals surface area (Å²) in [4.78, 5) is 15.7. The zero-order valence-corrected chi connectivity index (χ0v) is 13.1. The zero-order chi connectivity index (χ0) is 17.9. The average molecular weight is 370 g/mol. The Balaban J connectivity index is 1.62. The van der Waals surface area contributed by atoms with Crippen molar-refractivity contribution in [3.63, 3.8) is 0 Å². The molecule has 0 saturated heterocycles. The van der Waals surface area contributed by atoms with Crippen LogP contribution in [0, 0.1) is 0 Å². The van der Waals surface area contributed by atoms with Crippen LogP contribution in [0.2, 0.25) is 0 Å². The van der Waals surface area contributed by atoms with E-state index in [0.717, 1.165) is 12.1 Å². The predicted octanol–water partition coefficient (Wildman–Crippen LogP) is 4.05. The number of hydrogen-bond donors (Lipinski definition) is 0. The highest BCUT2D eigenvalue weighted by Gasteiger charge is 2.31. The molecule has 0 unspecified atom stereocenters. The zero-order valence-electron chi connectivity index (χ0n) is 12.3. The number of carbonyl (C=O) groups excluding carboxylic acids is 1. The van der Waals surface area contributed by atoms with Crippen LogP contribution in [0.25, 0.3) is 11.4 Å². The molecular weight excluding hydrogens is 361 g/mol. The van der Waals surface area contributed by atoms with E-state index in [9.17, 15) is 18.0 Å². The van der Waals surface area contributed by atoms with Gasteiger partial charge in [0.1, 0.15) is 5.75 Å². The number of nitrogens with zero attached hydrogens (tertiary/aromatic N) is 2. The van der Waals surface area contributed by atoms with Crippen LogP contribution in [0.3, 0.4) is 0 Å². The molecular formula is C15H9F3N2O4S. The van der Waals surface area contributed by atoms with Crippen molar-refractivity contribution in [2.45, 2.75) is 13.0 Å². The van der Waals surface area contributed by atoms with E-state index in [1.807, 2.05) is 0 Å². The van der Waals surface area contributed by atoms with E-state index in [1.165, 1.54) is 23.5 Å². The summed E-state index contributed by atoms with van der Waals surface area (Å²) in [6, 6.07) is 6.60. The van der Waals surface area contributed by atoms with E-state index in [1.54, 1.807) is 16.8 Å². The van der Waals surface area contributed by atoms with Gasteiger partial charge in [0.05, 0.1) is 5.56 Å². The Kier molecular flexibility index (Phi) is 4.70. The molecule has 0 aliphatic rings. The standard InChI is InChI=1S/C15H9F3N2O4S/c16-15(17,18)23-11-3-1-9(2-4-11)13-19-12(24-20-13)7-22-14(21)10-5-6-25-8-10/h1-6,8H,7H2. The number of alkyl halides is 3. The third-order valence-corrected chi connectivity index (χ3v) is 3.58. The summed E-state index contributed by atoms with van der Waals surface area (Å²) in [6.07, 6.45) is -4.76. The van der Waals surface area contributed by atoms with Crippen LogP contribution in [0.5, 0.6) is 5.75 Å². The Morgan fingerprint density at radius 3 is 2.60 bits per heavy atom. The highest BCUT2D eigenvalue weighted by Crippen LogP contribution is 2.25. The minimum absolute atomic E-state index is 0.0641. The Morgan fingerprint density at radius 1 is 1.20 bits per heavy atom. The molecule has 0 amide bonds. The first-order valence-corrected chi connectivity index (χ1v) is 7.73. The van der Waals surface area contributed by atoms with Crippen molar-refractivity contribution in [3.8, 4) is 17.1 Å². The van der Waals surface area contributed by atoms with Gasteiger partial charge in [-0.15, -0.1) is 13.2 Å². The molecule has 2 aromatic heterocycles. The Morgan fingerprint density at radius 2 is 1.96 bits per heavy atom. The van der Waals surface area contributed by atoms with Gasteiger partial charge >= 0.3 is 12.3 Å². The fraction of sp³-hybridized carbons (Fsp3) is 0.133. The molecule has 0 saturated carbocycles. The van der Waals surface area contributed by atoms with Crippen LogP contribution in [0.4, 0.5) is 13.2 Å². The lowest BCUT2D eigenvalue weighted by molar-refractivity contribution is -0.274. The monoisotopic (exact) mass is 370 g/mol. The van der Waals surface area contributed by atoms with Gasteiger partial charge in [-0.25, -0.2) is 4.79 Å². The normalized spacial score (nSPS) is 11.3. The number of thiophene rings is 1. The molecule has 2 heterocycles. The van der Waals surface area contributed by atoms with Crippen molar-refractivity contribution in [1.29, 1.82) is 0 Å². The van der Waals surface area contributed by atoms with Gasteiger partial charge in [0.2, 0.25) is 5.82 Å². The van der Waals surface area contributed by atoms with Gasteiger partial charge in [-0.2, -0.15) is 16.3 Å². The molecule has 0 fully saturated rings. The highest BCUT2D eigenvalue weighted by molar-refractivity contribution is 7.08. The van der Waals surface area contributed by atoms with Gasteiger partial charge in [-0.1, -0.05) is 5.16 Å². The van der Waals surface area contributed by atoms with E-state index in [2.05, 4.69) is 14.9 Å².